The summed E-state index contributed by atoms with van der Waals surface area (Å²) in [5.74, 6) is -4.34. The predicted molar refractivity (Wildman–Crippen MR) is 119 cm³/mol. The zero-order valence-electron chi connectivity index (χ0n) is 20.0. The number of hydrogen-bond acceptors (Lipinski definition) is 6. The van der Waals surface area contributed by atoms with Crippen molar-refractivity contribution in [2.75, 3.05) is 19.6 Å². The summed E-state index contributed by atoms with van der Waals surface area (Å²) in [6, 6.07) is 10.1. The minimum Gasteiger partial charge on any atom is -0.475 e. The van der Waals surface area contributed by atoms with Crippen LogP contribution in [0.3, 0.4) is 0 Å². The number of hydrogen-bond donors (Lipinski definition) is 2. The predicted octanol–water partition coefficient (Wildman–Crippen LogP) is 3.63. The molecule has 2 aliphatic rings. The molecule has 2 N–H and O–H groups in total. The Morgan fingerprint density at radius 2 is 1.50 bits per heavy atom. The van der Waals surface area contributed by atoms with Crippen LogP contribution in [0.5, 0.6) is 0 Å². The van der Waals surface area contributed by atoms with Gasteiger partial charge in [-0.25, -0.2) is 14.6 Å². The summed E-state index contributed by atoms with van der Waals surface area (Å²) in [4.78, 5) is 27.6. The standard InChI is InChI=1S/C19H23N5.2C2HF3O2/c20-11-16-4-3-5-17(10-16)12-23-8-9-24-14-18(21-19(24)15-23)13-22-6-1-2-7-22;2*3-2(4,5)1(6)7/h3-5,10,14H,1-2,6-9,12-13,15H2;2*(H,6,7). The van der Waals surface area contributed by atoms with Crippen molar-refractivity contribution in [2.45, 2.75) is 51.4 Å². The molecule has 0 spiro atoms. The number of benzene rings is 1. The Morgan fingerprint density at radius 3 is 2.03 bits per heavy atom. The van der Waals surface area contributed by atoms with E-state index in [-0.39, 0.29) is 0 Å². The fourth-order valence-corrected chi connectivity index (χ4v) is 3.74. The number of aromatic nitrogens is 2. The Kier molecular flexibility index (Phi) is 10.7. The van der Waals surface area contributed by atoms with Gasteiger partial charge in [-0.1, -0.05) is 12.1 Å². The molecule has 4 rings (SSSR count). The molecule has 3 heterocycles. The van der Waals surface area contributed by atoms with E-state index in [9.17, 15) is 26.3 Å². The molecule has 208 valence electrons. The van der Waals surface area contributed by atoms with Crippen molar-refractivity contribution in [2.24, 2.45) is 0 Å². The largest absolute Gasteiger partial charge is 0.490 e. The normalized spacial score (nSPS) is 15.8. The lowest BCUT2D eigenvalue weighted by Crippen LogP contribution is -2.33. The molecule has 38 heavy (non-hydrogen) atoms. The van der Waals surface area contributed by atoms with Gasteiger partial charge in [-0.3, -0.25) is 9.80 Å². The van der Waals surface area contributed by atoms with Crippen molar-refractivity contribution in [1.82, 2.24) is 19.4 Å². The van der Waals surface area contributed by atoms with Crippen LogP contribution in [-0.2, 0) is 35.8 Å². The second-order valence-corrected chi connectivity index (χ2v) is 8.45. The van der Waals surface area contributed by atoms with Gasteiger partial charge in [0.15, 0.2) is 0 Å². The molecule has 2 aromatic rings. The Hall–Kier alpha value is -3.64. The molecular formula is C23H25F6N5O4. The Labute approximate surface area is 213 Å². The van der Waals surface area contributed by atoms with E-state index >= 15 is 0 Å². The molecule has 0 atom stereocenters. The summed E-state index contributed by atoms with van der Waals surface area (Å²) in [5.41, 5.74) is 3.14. The lowest BCUT2D eigenvalue weighted by Gasteiger charge is -2.27. The summed E-state index contributed by atoms with van der Waals surface area (Å²) in [6.45, 7) is 7.21. The molecule has 1 saturated heterocycles. The molecular weight excluding hydrogens is 524 g/mol. The zero-order valence-corrected chi connectivity index (χ0v) is 20.0. The maximum absolute atomic E-state index is 10.6. The van der Waals surface area contributed by atoms with E-state index in [2.05, 4.69) is 32.7 Å². The number of carbonyl (C=O) groups is 2. The quantitative estimate of drug-likeness (QED) is 0.555. The molecule has 0 amide bonds. The number of nitriles is 1. The van der Waals surface area contributed by atoms with Crippen molar-refractivity contribution in [1.29, 1.82) is 5.26 Å². The molecule has 0 unspecified atom stereocenters. The van der Waals surface area contributed by atoms with Gasteiger partial charge in [-0.2, -0.15) is 31.6 Å². The number of imidazole rings is 1. The molecule has 0 aliphatic carbocycles. The van der Waals surface area contributed by atoms with Gasteiger partial charge in [0.2, 0.25) is 0 Å². The summed E-state index contributed by atoms with van der Waals surface area (Å²) in [6.07, 6.45) is -5.28. The number of likely N-dealkylation sites (tertiary alicyclic amines) is 1. The van der Waals surface area contributed by atoms with Crippen molar-refractivity contribution >= 4 is 11.9 Å². The Morgan fingerprint density at radius 1 is 0.921 bits per heavy atom. The average molecular weight is 549 g/mol. The lowest BCUT2D eigenvalue weighted by atomic mass is 10.1. The third-order valence-corrected chi connectivity index (χ3v) is 5.46. The number of carboxylic acids is 2. The van der Waals surface area contributed by atoms with Crippen LogP contribution in [0.15, 0.2) is 30.5 Å². The van der Waals surface area contributed by atoms with E-state index in [0.717, 1.165) is 38.3 Å². The van der Waals surface area contributed by atoms with Crippen molar-refractivity contribution in [3.8, 4) is 6.07 Å². The van der Waals surface area contributed by atoms with Gasteiger partial charge in [0, 0.05) is 32.4 Å². The molecule has 2 aliphatic heterocycles. The zero-order chi connectivity index (χ0) is 28.5. The second-order valence-electron chi connectivity index (χ2n) is 8.45. The molecule has 0 bridgehead atoms. The first-order valence-corrected chi connectivity index (χ1v) is 11.3. The minimum atomic E-state index is -5.08. The molecule has 0 saturated carbocycles. The minimum absolute atomic E-state index is 0.735. The average Bonchev–Trinajstić information content (AvgIpc) is 3.48. The summed E-state index contributed by atoms with van der Waals surface area (Å²) >= 11 is 0. The Balaban J connectivity index is 0.000000301. The molecule has 15 heteroatoms. The van der Waals surface area contributed by atoms with E-state index in [0.29, 0.717) is 0 Å². The van der Waals surface area contributed by atoms with Crippen LogP contribution in [-0.4, -0.2) is 73.5 Å². The molecule has 1 aromatic carbocycles. The number of aliphatic carboxylic acids is 2. The van der Waals surface area contributed by atoms with Gasteiger partial charge in [-0.15, -0.1) is 0 Å². The topological polar surface area (TPSA) is 123 Å². The van der Waals surface area contributed by atoms with Crippen LogP contribution < -0.4 is 0 Å². The van der Waals surface area contributed by atoms with Crippen LogP contribution in [0.1, 0.15) is 35.5 Å². The number of halogens is 6. The molecule has 9 nitrogen and oxygen atoms in total. The van der Waals surface area contributed by atoms with Gasteiger partial charge in [0.25, 0.3) is 0 Å². The van der Waals surface area contributed by atoms with Gasteiger partial charge in [0.05, 0.1) is 23.9 Å². The first-order chi connectivity index (χ1) is 17.7. The van der Waals surface area contributed by atoms with Gasteiger partial charge in [-0.05, 0) is 43.6 Å². The third-order valence-electron chi connectivity index (χ3n) is 5.46. The van der Waals surface area contributed by atoms with Crippen molar-refractivity contribution in [3.05, 3.63) is 53.1 Å². The second kappa shape index (κ2) is 13.2. The lowest BCUT2D eigenvalue weighted by molar-refractivity contribution is -0.193. The van der Waals surface area contributed by atoms with E-state index < -0.39 is 24.3 Å². The Bertz CT molecular complexity index is 1110. The van der Waals surface area contributed by atoms with E-state index in [1.165, 1.54) is 43.0 Å². The van der Waals surface area contributed by atoms with Gasteiger partial charge >= 0.3 is 24.3 Å². The summed E-state index contributed by atoms with van der Waals surface area (Å²) < 4.78 is 65.8. The van der Waals surface area contributed by atoms with Crippen LogP contribution in [0, 0.1) is 11.3 Å². The highest BCUT2D eigenvalue weighted by Gasteiger charge is 2.38. The van der Waals surface area contributed by atoms with Crippen LogP contribution in [0.25, 0.3) is 0 Å². The van der Waals surface area contributed by atoms with Crippen LogP contribution >= 0.6 is 0 Å². The highest BCUT2D eigenvalue weighted by Crippen LogP contribution is 2.18. The highest BCUT2D eigenvalue weighted by atomic mass is 19.4. The monoisotopic (exact) mass is 549 g/mol. The first-order valence-electron chi connectivity index (χ1n) is 11.3. The van der Waals surface area contributed by atoms with Crippen LogP contribution in [0.2, 0.25) is 0 Å². The van der Waals surface area contributed by atoms with Gasteiger partial charge < -0.3 is 14.8 Å². The highest BCUT2D eigenvalue weighted by molar-refractivity contribution is 5.73. The first kappa shape index (κ1) is 30.6. The summed E-state index contributed by atoms with van der Waals surface area (Å²) in [5, 5.41) is 23.3. The van der Waals surface area contributed by atoms with E-state index in [1.54, 1.807) is 0 Å². The maximum atomic E-state index is 10.6. The summed E-state index contributed by atoms with van der Waals surface area (Å²) in [7, 11) is 0. The van der Waals surface area contributed by atoms with Gasteiger partial charge in [0.1, 0.15) is 5.82 Å². The maximum Gasteiger partial charge on any atom is 0.490 e. The van der Waals surface area contributed by atoms with Crippen LogP contribution in [0.4, 0.5) is 26.3 Å². The smallest absolute Gasteiger partial charge is 0.475 e. The van der Waals surface area contributed by atoms with E-state index in [1.807, 2.05) is 18.2 Å². The van der Waals surface area contributed by atoms with Crippen molar-refractivity contribution in [3.63, 3.8) is 0 Å². The molecule has 1 aromatic heterocycles. The third kappa shape index (κ3) is 10.0. The fourth-order valence-electron chi connectivity index (χ4n) is 3.74. The number of alkyl halides is 6. The number of rotatable bonds is 4. The fraction of sp³-hybridized carbons (Fsp3) is 0.478. The van der Waals surface area contributed by atoms with E-state index in [4.69, 9.17) is 30.0 Å². The number of carboxylic acid groups (broad SMARTS) is 2. The SMILES string of the molecule is N#Cc1cccc(CN2CCn3cc(CN4CCCC4)nc3C2)c1.O=C(O)C(F)(F)F.O=C(O)C(F)(F)F. The molecule has 0 radical (unpaired) electrons. The number of fused-ring (bicyclic) bond motifs is 1. The van der Waals surface area contributed by atoms with Crippen molar-refractivity contribution < 1.29 is 46.1 Å². The molecule has 1 fully saturated rings. The number of nitrogens with zero attached hydrogens (tertiary/aromatic N) is 5.